The molecule has 0 aliphatic carbocycles. The van der Waals surface area contributed by atoms with E-state index in [0.717, 1.165) is 23.8 Å². The first kappa shape index (κ1) is 13.2. The molecule has 98 valence electrons. The van der Waals surface area contributed by atoms with E-state index < -0.39 is 0 Å². The van der Waals surface area contributed by atoms with Crippen molar-refractivity contribution in [2.75, 3.05) is 32.2 Å². The lowest BCUT2D eigenvalue weighted by molar-refractivity contribution is 0.201. The van der Waals surface area contributed by atoms with E-state index in [4.69, 9.17) is 4.74 Å². The first-order valence-corrected chi connectivity index (χ1v) is 6.55. The van der Waals surface area contributed by atoms with Crippen LogP contribution in [0.1, 0.15) is 5.82 Å². The molecule has 0 bridgehead atoms. The lowest BCUT2D eigenvalue weighted by Crippen LogP contribution is -2.29. The van der Waals surface area contributed by atoms with E-state index >= 15 is 0 Å². The van der Waals surface area contributed by atoms with Gasteiger partial charge in [0.2, 0.25) is 5.65 Å². The number of ether oxygens (including phenoxy) is 1. The summed E-state index contributed by atoms with van der Waals surface area (Å²) in [5, 5.41) is 8.22. The molecule has 0 amide bonds. The molecule has 1 atom stereocenters. The number of aryl methyl sites for hydroxylation is 1. The number of anilines is 1. The molecule has 0 N–H and O–H groups in total. The van der Waals surface area contributed by atoms with E-state index in [1.165, 1.54) is 0 Å². The van der Waals surface area contributed by atoms with Gasteiger partial charge in [-0.3, -0.25) is 4.40 Å². The van der Waals surface area contributed by atoms with Gasteiger partial charge in [-0.2, -0.15) is 0 Å². The molecule has 2 aromatic rings. The van der Waals surface area contributed by atoms with Crippen molar-refractivity contribution in [2.45, 2.75) is 11.8 Å². The molecule has 1 unspecified atom stereocenters. The van der Waals surface area contributed by atoms with Gasteiger partial charge in [-0.15, -0.1) is 10.2 Å². The smallest absolute Gasteiger partial charge is 0.203 e. The van der Waals surface area contributed by atoms with Crippen LogP contribution >= 0.6 is 15.9 Å². The molecule has 0 saturated carbocycles. The van der Waals surface area contributed by atoms with Crippen LogP contribution in [-0.2, 0) is 4.74 Å². The van der Waals surface area contributed by atoms with Crippen molar-refractivity contribution < 1.29 is 4.74 Å². The highest BCUT2D eigenvalue weighted by molar-refractivity contribution is 9.09. The molecule has 2 heterocycles. The van der Waals surface area contributed by atoms with Crippen molar-refractivity contribution in [3.63, 3.8) is 0 Å². The number of nitrogens with zero attached hydrogens (tertiary/aromatic N) is 5. The zero-order valence-electron chi connectivity index (χ0n) is 10.7. The summed E-state index contributed by atoms with van der Waals surface area (Å²) in [7, 11) is 3.67. The summed E-state index contributed by atoms with van der Waals surface area (Å²) in [6.45, 7) is 3.35. The Balaban J connectivity index is 2.25. The molecule has 0 fully saturated rings. The summed E-state index contributed by atoms with van der Waals surface area (Å²) in [5.41, 5.74) is 0.773. The molecular formula is C11H16BrN5O. The largest absolute Gasteiger partial charge is 0.383 e. The number of rotatable bonds is 5. The fourth-order valence-corrected chi connectivity index (χ4v) is 2.51. The Kier molecular flexibility index (Phi) is 4.13. The van der Waals surface area contributed by atoms with Crippen LogP contribution < -0.4 is 4.90 Å². The van der Waals surface area contributed by atoms with Gasteiger partial charge in [0.1, 0.15) is 5.82 Å². The normalized spacial score (nSPS) is 12.9. The fraction of sp³-hybridized carbons (Fsp3) is 0.545. The third kappa shape index (κ3) is 2.62. The van der Waals surface area contributed by atoms with Gasteiger partial charge >= 0.3 is 0 Å². The summed E-state index contributed by atoms with van der Waals surface area (Å²) in [6, 6.07) is 0. The van der Waals surface area contributed by atoms with Crippen LogP contribution in [0.2, 0.25) is 0 Å². The maximum atomic E-state index is 5.10. The number of aromatic nitrogens is 4. The molecular weight excluding hydrogens is 298 g/mol. The molecule has 18 heavy (non-hydrogen) atoms. The van der Waals surface area contributed by atoms with E-state index in [9.17, 15) is 0 Å². The Bertz CT molecular complexity index is 529. The Morgan fingerprint density at radius 3 is 3.00 bits per heavy atom. The lowest BCUT2D eigenvalue weighted by atomic mass is 10.4. The minimum Gasteiger partial charge on any atom is -0.383 e. The predicted molar refractivity (Wildman–Crippen MR) is 73.4 cm³/mol. The number of hydrogen-bond acceptors (Lipinski definition) is 5. The van der Waals surface area contributed by atoms with Crippen molar-refractivity contribution in [2.24, 2.45) is 0 Å². The standard InChI is InChI=1S/C11H16BrN5O/c1-8-14-15-11-10(13-4-5-17(8)11)16(2)6-9(12)7-18-3/h4-5,9H,6-7H2,1-3H3. The molecule has 7 heteroatoms. The second kappa shape index (κ2) is 5.62. The highest BCUT2D eigenvalue weighted by Crippen LogP contribution is 2.17. The fourth-order valence-electron chi connectivity index (χ4n) is 1.82. The Labute approximate surface area is 114 Å². The van der Waals surface area contributed by atoms with Gasteiger partial charge in [-0.05, 0) is 6.92 Å². The van der Waals surface area contributed by atoms with Crippen molar-refractivity contribution in [3.05, 3.63) is 18.2 Å². The Morgan fingerprint density at radius 1 is 1.50 bits per heavy atom. The molecule has 6 nitrogen and oxygen atoms in total. The SMILES string of the molecule is COCC(Br)CN(C)c1nccn2c(C)nnc12. The van der Waals surface area contributed by atoms with E-state index in [1.54, 1.807) is 13.3 Å². The summed E-state index contributed by atoms with van der Waals surface area (Å²) in [5.74, 6) is 1.67. The predicted octanol–water partition coefficient (Wildman–Crippen LogP) is 1.28. The van der Waals surface area contributed by atoms with Crippen LogP contribution in [0.4, 0.5) is 5.82 Å². The third-order valence-electron chi connectivity index (χ3n) is 2.66. The summed E-state index contributed by atoms with van der Waals surface area (Å²) in [4.78, 5) is 6.67. The first-order chi connectivity index (χ1) is 8.63. The minimum atomic E-state index is 0.249. The summed E-state index contributed by atoms with van der Waals surface area (Å²) < 4.78 is 7.03. The van der Waals surface area contributed by atoms with Gasteiger partial charge in [0, 0.05) is 33.1 Å². The highest BCUT2D eigenvalue weighted by atomic mass is 79.9. The molecule has 0 radical (unpaired) electrons. The van der Waals surface area contributed by atoms with Crippen molar-refractivity contribution in [1.82, 2.24) is 19.6 Å². The van der Waals surface area contributed by atoms with Crippen molar-refractivity contribution in [1.29, 1.82) is 0 Å². The molecule has 0 aliphatic heterocycles. The monoisotopic (exact) mass is 313 g/mol. The average Bonchev–Trinajstić information content (AvgIpc) is 2.71. The van der Waals surface area contributed by atoms with Gasteiger partial charge in [0.05, 0.1) is 11.4 Å². The van der Waals surface area contributed by atoms with Crippen molar-refractivity contribution >= 4 is 27.4 Å². The maximum absolute atomic E-state index is 5.10. The second-order valence-electron chi connectivity index (χ2n) is 4.12. The molecule has 0 spiro atoms. The zero-order chi connectivity index (χ0) is 13.1. The number of methoxy groups -OCH3 is 1. The Morgan fingerprint density at radius 2 is 2.28 bits per heavy atom. The number of alkyl halides is 1. The van der Waals surface area contributed by atoms with Crippen LogP contribution in [0, 0.1) is 6.92 Å². The quantitative estimate of drug-likeness (QED) is 0.778. The highest BCUT2D eigenvalue weighted by Gasteiger charge is 2.14. The third-order valence-corrected chi connectivity index (χ3v) is 3.21. The van der Waals surface area contributed by atoms with Gasteiger partial charge in [0.15, 0.2) is 5.82 Å². The van der Waals surface area contributed by atoms with Gasteiger partial charge in [0.25, 0.3) is 0 Å². The van der Waals surface area contributed by atoms with Crippen molar-refractivity contribution in [3.8, 4) is 0 Å². The number of halogens is 1. The second-order valence-corrected chi connectivity index (χ2v) is 5.42. The zero-order valence-corrected chi connectivity index (χ0v) is 12.3. The molecule has 0 aromatic carbocycles. The Hall–Kier alpha value is -1.21. The van der Waals surface area contributed by atoms with Crippen LogP contribution in [0.3, 0.4) is 0 Å². The maximum Gasteiger partial charge on any atom is 0.203 e. The lowest BCUT2D eigenvalue weighted by Gasteiger charge is -2.21. The van der Waals surface area contributed by atoms with E-state index in [1.807, 2.05) is 29.5 Å². The van der Waals surface area contributed by atoms with E-state index in [-0.39, 0.29) is 4.83 Å². The van der Waals surface area contributed by atoms with Gasteiger partial charge < -0.3 is 9.64 Å². The number of fused-ring (bicyclic) bond motifs is 1. The summed E-state index contributed by atoms with van der Waals surface area (Å²) in [6.07, 6.45) is 3.62. The molecule has 2 rings (SSSR count). The molecule has 2 aromatic heterocycles. The van der Waals surface area contributed by atoms with Crippen LogP contribution in [0.25, 0.3) is 5.65 Å². The van der Waals surface area contributed by atoms with Gasteiger partial charge in [-0.25, -0.2) is 4.98 Å². The average molecular weight is 314 g/mol. The van der Waals surface area contributed by atoms with E-state index in [2.05, 4.69) is 31.1 Å². The number of hydrogen-bond donors (Lipinski definition) is 0. The first-order valence-electron chi connectivity index (χ1n) is 5.64. The minimum absolute atomic E-state index is 0.249. The van der Waals surface area contributed by atoms with E-state index in [0.29, 0.717) is 6.61 Å². The van der Waals surface area contributed by atoms with Gasteiger partial charge in [-0.1, -0.05) is 15.9 Å². The topological polar surface area (TPSA) is 55.5 Å². The van der Waals surface area contributed by atoms with Crippen LogP contribution in [0.15, 0.2) is 12.4 Å². The van der Waals surface area contributed by atoms with Crippen LogP contribution in [-0.4, -0.2) is 51.7 Å². The molecule has 0 saturated heterocycles. The molecule has 0 aliphatic rings. The van der Waals surface area contributed by atoms with Crippen LogP contribution in [0.5, 0.6) is 0 Å². The summed E-state index contributed by atoms with van der Waals surface area (Å²) >= 11 is 3.57.